The number of rotatable bonds is 4. The van der Waals surface area contributed by atoms with E-state index in [4.69, 9.17) is 5.73 Å². The van der Waals surface area contributed by atoms with Crippen molar-refractivity contribution in [1.29, 1.82) is 0 Å². The summed E-state index contributed by atoms with van der Waals surface area (Å²) < 4.78 is 0. The van der Waals surface area contributed by atoms with E-state index >= 15 is 0 Å². The molecule has 3 nitrogen and oxygen atoms in total. The first kappa shape index (κ1) is 11.2. The second-order valence-corrected chi connectivity index (χ2v) is 4.27. The van der Waals surface area contributed by atoms with Crippen LogP contribution in [0.25, 0.3) is 0 Å². The molecule has 1 unspecified atom stereocenters. The zero-order valence-corrected chi connectivity index (χ0v) is 9.71. The van der Waals surface area contributed by atoms with Crippen molar-refractivity contribution in [2.24, 2.45) is 0 Å². The first-order valence-corrected chi connectivity index (χ1v) is 5.98. The van der Waals surface area contributed by atoms with Crippen LogP contribution in [0.2, 0.25) is 0 Å². The second-order valence-electron chi connectivity index (χ2n) is 3.36. The highest BCUT2D eigenvalue weighted by atomic mass is 32.2. The number of nitrogens with zero attached hydrogens (tertiary/aromatic N) is 2. The van der Waals surface area contributed by atoms with Gasteiger partial charge in [-0.05, 0) is 19.2 Å². The van der Waals surface area contributed by atoms with Crippen molar-refractivity contribution in [3.05, 3.63) is 18.3 Å². The lowest BCUT2D eigenvalue weighted by Crippen LogP contribution is -2.31. The number of nitrogen functional groups attached to an aromatic ring is 1. The summed E-state index contributed by atoms with van der Waals surface area (Å²) in [6.07, 6.45) is 3.85. The molecule has 0 fully saturated rings. The van der Waals surface area contributed by atoms with Crippen molar-refractivity contribution in [3.63, 3.8) is 0 Å². The highest BCUT2D eigenvalue weighted by Crippen LogP contribution is 2.16. The Hall–Kier alpha value is -0.900. The summed E-state index contributed by atoms with van der Waals surface area (Å²) in [5.41, 5.74) is 6.46. The molecule has 1 rings (SSSR count). The zero-order valence-electron chi connectivity index (χ0n) is 8.90. The normalized spacial score (nSPS) is 12.5. The van der Waals surface area contributed by atoms with Crippen molar-refractivity contribution in [2.75, 3.05) is 29.7 Å². The summed E-state index contributed by atoms with van der Waals surface area (Å²) >= 11 is 1.84. The molecular formula is C10H17N3S. The molecule has 14 heavy (non-hydrogen) atoms. The second kappa shape index (κ2) is 5.10. The number of anilines is 2. The Balaban J connectivity index is 2.73. The van der Waals surface area contributed by atoms with Crippen LogP contribution < -0.4 is 10.6 Å². The van der Waals surface area contributed by atoms with E-state index in [0.29, 0.717) is 6.04 Å². The van der Waals surface area contributed by atoms with Crippen LogP contribution in [0, 0.1) is 0 Å². The van der Waals surface area contributed by atoms with Gasteiger partial charge in [0.05, 0.1) is 0 Å². The molecule has 2 N–H and O–H groups in total. The van der Waals surface area contributed by atoms with Gasteiger partial charge >= 0.3 is 0 Å². The SMILES string of the molecule is CSCC(C)N(C)c1cc(N)ccn1. The molecule has 4 heteroatoms. The van der Waals surface area contributed by atoms with Crippen LogP contribution in [0.4, 0.5) is 11.5 Å². The number of hydrogen-bond acceptors (Lipinski definition) is 4. The predicted molar refractivity (Wildman–Crippen MR) is 64.9 cm³/mol. The van der Waals surface area contributed by atoms with Gasteiger partial charge in [0.25, 0.3) is 0 Å². The van der Waals surface area contributed by atoms with E-state index in [9.17, 15) is 0 Å². The fraction of sp³-hybridized carbons (Fsp3) is 0.500. The summed E-state index contributed by atoms with van der Waals surface area (Å²) in [5, 5.41) is 0. The third-order valence-electron chi connectivity index (χ3n) is 2.20. The van der Waals surface area contributed by atoms with Crippen molar-refractivity contribution in [2.45, 2.75) is 13.0 Å². The van der Waals surface area contributed by atoms with Gasteiger partial charge in [0.15, 0.2) is 0 Å². The van der Waals surface area contributed by atoms with E-state index in [-0.39, 0.29) is 0 Å². The molecule has 0 aromatic carbocycles. The summed E-state index contributed by atoms with van der Waals surface area (Å²) in [4.78, 5) is 6.43. The lowest BCUT2D eigenvalue weighted by atomic mass is 10.3. The molecule has 0 saturated heterocycles. The van der Waals surface area contributed by atoms with E-state index < -0.39 is 0 Å². The van der Waals surface area contributed by atoms with Crippen LogP contribution in [0.15, 0.2) is 18.3 Å². The number of pyridine rings is 1. The first-order chi connectivity index (χ1) is 6.65. The van der Waals surface area contributed by atoms with E-state index in [0.717, 1.165) is 17.3 Å². The van der Waals surface area contributed by atoms with Crippen LogP contribution in [0.3, 0.4) is 0 Å². The number of aromatic nitrogens is 1. The minimum absolute atomic E-state index is 0.472. The molecule has 0 amide bonds. The van der Waals surface area contributed by atoms with Crippen LogP contribution in [-0.4, -0.2) is 30.1 Å². The van der Waals surface area contributed by atoms with Gasteiger partial charge in [-0.25, -0.2) is 4.98 Å². The summed E-state index contributed by atoms with van der Waals surface area (Å²) in [5.74, 6) is 2.03. The average molecular weight is 211 g/mol. The molecule has 0 aliphatic heterocycles. The molecule has 1 aromatic heterocycles. The van der Waals surface area contributed by atoms with Gasteiger partial charge in [0, 0.05) is 36.8 Å². The van der Waals surface area contributed by atoms with Crippen LogP contribution in [0.5, 0.6) is 0 Å². The number of nitrogens with two attached hydrogens (primary N) is 1. The summed E-state index contributed by atoms with van der Waals surface area (Å²) in [7, 11) is 2.04. The fourth-order valence-electron chi connectivity index (χ4n) is 1.21. The van der Waals surface area contributed by atoms with E-state index in [2.05, 4.69) is 23.1 Å². The quantitative estimate of drug-likeness (QED) is 0.825. The fourth-order valence-corrected chi connectivity index (χ4v) is 1.91. The van der Waals surface area contributed by atoms with Crippen molar-refractivity contribution in [1.82, 2.24) is 4.98 Å². The minimum Gasteiger partial charge on any atom is -0.399 e. The molecule has 0 radical (unpaired) electrons. The Morgan fingerprint density at radius 3 is 2.93 bits per heavy atom. The Morgan fingerprint density at radius 2 is 2.36 bits per heavy atom. The largest absolute Gasteiger partial charge is 0.399 e. The zero-order chi connectivity index (χ0) is 10.6. The van der Waals surface area contributed by atoms with Gasteiger partial charge in [-0.2, -0.15) is 11.8 Å². The molecule has 1 heterocycles. The molecule has 0 spiro atoms. The van der Waals surface area contributed by atoms with Gasteiger partial charge < -0.3 is 10.6 Å². The third kappa shape index (κ3) is 2.80. The van der Waals surface area contributed by atoms with Crippen molar-refractivity contribution >= 4 is 23.3 Å². The maximum absolute atomic E-state index is 5.70. The maximum atomic E-state index is 5.70. The van der Waals surface area contributed by atoms with E-state index in [1.165, 1.54) is 0 Å². The highest BCUT2D eigenvalue weighted by Gasteiger charge is 2.10. The topological polar surface area (TPSA) is 42.1 Å². The monoisotopic (exact) mass is 211 g/mol. The Bertz CT molecular complexity index is 290. The first-order valence-electron chi connectivity index (χ1n) is 4.58. The van der Waals surface area contributed by atoms with Crippen LogP contribution in [-0.2, 0) is 0 Å². The van der Waals surface area contributed by atoms with Crippen LogP contribution in [0.1, 0.15) is 6.92 Å². The van der Waals surface area contributed by atoms with Gasteiger partial charge in [-0.3, -0.25) is 0 Å². The highest BCUT2D eigenvalue weighted by molar-refractivity contribution is 7.98. The van der Waals surface area contributed by atoms with Gasteiger partial charge in [-0.15, -0.1) is 0 Å². The van der Waals surface area contributed by atoms with Crippen LogP contribution >= 0.6 is 11.8 Å². The van der Waals surface area contributed by atoms with Gasteiger partial charge in [0.1, 0.15) is 5.82 Å². The predicted octanol–water partition coefficient (Wildman–Crippen LogP) is 1.85. The number of thioether (sulfide) groups is 1. The van der Waals surface area contributed by atoms with Gasteiger partial charge in [0.2, 0.25) is 0 Å². The van der Waals surface area contributed by atoms with E-state index in [1.807, 2.05) is 24.9 Å². The van der Waals surface area contributed by atoms with E-state index in [1.54, 1.807) is 12.3 Å². The smallest absolute Gasteiger partial charge is 0.130 e. The maximum Gasteiger partial charge on any atom is 0.130 e. The lowest BCUT2D eigenvalue weighted by Gasteiger charge is -2.25. The molecule has 0 bridgehead atoms. The Morgan fingerprint density at radius 1 is 1.64 bits per heavy atom. The van der Waals surface area contributed by atoms with Gasteiger partial charge in [-0.1, -0.05) is 0 Å². The molecule has 1 atom stereocenters. The standard InChI is InChI=1S/C10H17N3S/c1-8(7-14-3)13(2)10-6-9(11)4-5-12-10/h4-6,8H,7H2,1-3H3,(H2,11,12). The molecule has 0 aliphatic rings. The van der Waals surface area contributed by atoms with Crippen molar-refractivity contribution in [3.8, 4) is 0 Å². The number of hydrogen-bond donors (Lipinski definition) is 1. The molecule has 0 aliphatic carbocycles. The Labute approximate surface area is 89.7 Å². The third-order valence-corrected chi connectivity index (χ3v) is 3.02. The Kier molecular flexibility index (Phi) is 4.07. The molecule has 0 saturated carbocycles. The lowest BCUT2D eigenvalue weighted by molar-refractivity contribution is 0.754. The van der Waals surface area contributed by atoms with Crippen molar-refractivity contribution < 1.29 is 0 Å². The molecule has 78 valence electrons. The average Bonchev–Trinajstić information content (AvgIpc) is 2.17. The summed E-state index contributed by atoms with van der Waals surface area (Å²) in [6.45, 7) is 2.18. The minimum atomic E-state index is 0.472. The summed E-state index contributed by atoms with van der Waals surface area (Å²) in [6, 6.07) is 4.17. The molecular weight excluding hydrogens is 194 g/mol. The molecule has 1 aromatic rings.